The number of carbonyl (C=O) groups is 2. The van der Waals surface area contributed by atoms with Crippen molar-refractivity contribution in [3.63, 3.8) is 0 Å². The van der Waals surface area contributed by atoms with Crippen LogP contribution in [0.2, 0.25) is 0 Å². The van der Waals surface area contributed by atoms with Crippen LogP contribution in [0.3, 0.4) is 0 Å². The molecule has 0 radical (unpaired) electrons. The number of ether oxygens (including phenoxy) is 3. The highest BCUT2D eigenvalue weighted by molar-refractivity contribution is 5.88. The molecule has 2 rings (SSSR count). The third-order valence-corrected chi connectivity index (χ3v) is 4.15. The number of hydrogen-bond acceptors (Lipinski definition) is 6. The van der Waals surface area contributed by atoms with Gasteiger partial charge in [-0.25, -0.2) is 9.59 Å². The van der Waals surface area contributed by atoms with Gasteiger partial charge in [0.15, 0.2) is 0 Å². The van der Waals surface area contributed by atoms with Crippen LogP contribution in [0.15, 0.2) is 54.6 Å². The molecule has 1 atom stereocenters. The second-order valence-corrected chi connectivity index (χ2v) is 6.25. The lowest BCUT2D eigenvalue weighted by Gasteiger charge is -2.16. The topological polar surface area (TPSA) is 82.1 Å². The van der Waals surface area contributed by atoms with Crippen molar-refractivity contribution in [3.05, 3.63) is 76.9 Å². The molecule has 0 heterocycles. The fourth-order valence-electron chi connectivity index (χ4n) is 2.83. The molecular formula is C24H26O6. The van der Waals surface area contributed by atoms with E-state index in [0.717, 1.165) is 0 Å². The average molecular weight is 410 g/mol. The molecule has 0 saturated heterocycles. The van der Waals surface area contributed by atoms with E-state index < -0.39 is 18.0 Å². The van der Waals surface area contributed by atoms with Crippen molar-refractivity contribution in [3.8, 4) is 5.75 Å². The highest BCUT2D eigenvalue weighted by atomic mass is 16.5. The molecule has 6 nitrogen and oxygen atoms in total. The normalized spacial score (nSPS) is 12.1. The van der Waals surface area contributed by atoms with Gasteiger partial charge < -0.3 is 19.3 Å². The van der Waals surface area contributed by atoms with Crippen molar-refractivity contribution in [2.45, 2.75) is 20.0 Å². The van der Waals surface area contributed by atoms with Crippen LogP contribution in [0, 0.1) is 0 Å². The van der Waals surface area contributed by atoms with E-state index in [1.54, 1.807) is 56.3 Å². The molecule has 0 saturated carbocycles. The average Bonchev–Trinajstić information content (AvgIpc) is 2.76. The standard InChI is InChI=1S/C24H26O6/c1-4-29-22(25)12-10-17-14-18(11-13-23(26)30-5-2)16-19(15-17)24(27)20-8-6-7-9-21(20)28-3/h6-16,24,27H,4-5H2,1-3H3. The van der Waals surface area contributed by atoms with Crippen molar-refractivity contribution < 1.29 is 28.9 Å². The van der Waals surface area contributed by atoms with E-state index in [2.05, 4.69) is 0 Å². The van der Waals surface area contributed by atoms with Gasteiger partial charge in [-0.1, -0.05) is 18.2 Å². The number of methoxy groups -OCH3 is 1. The molecule has 0 aromatic heterocycles. The van der Waals surface area contributed by atoms with E-state index >= 15 is 0 Å². The molecule has 0 bridgehead atoms. The maximum absolute atomic E-state index is 11.7. The van der Waals surface area contributed by atoms with E-state index in [9.17, 15) is 14.7 Å². The molecular weight excluding hydrogens is 384 g/mol. The predicted octanol–water partition coefficient (Wildman–Crippen LogP) is 3.93. The Morgan fingerprint density at radius 2 is 1.47 bits per heavy atom. The summed E-state index contributed by atoms with van der Waals surface area (Å²) in [5, 5.41) is 11.0. The summed E-state index contributed by atoms with van der Waals surface area (Å²) in [6, 6.07) is 12.5. The fraction of sp³-hybridized carbons (Fsp3) is 0.250. The Kier molecular flexibility index (Phi) is 8.84. The first kappa shape index (κ1) is 22.9. The maximum Gasteiger partial charge on any atom is 0.330 e. The van der Waals surface area contributed by atoms with Crippen LogP contribution in [0.1, 0.15) is 42.2 Å². The Labute approximate surface area is 176 Å². The van der Waals surface area contributed by atoms with E-state index in [1.807, 2.05) is 12.1 Å². The molecule has 30 heavy (non-hydrogen) atoms. The van der Waals surface area contributed by atoms with Crippen LogP contribution in [-0.2, 0) is 19.1 Å². The second-order valence-electron chi connectivity index (χ2n) is 6.25. The molecule has 0 aliphatic carbocycles. The second kappa shape index (κ2) is 11.6. The van der Waals surface area contributed by atoms with Gasteiger partial charge in [0, 0.05) is 17.7 Å². The monoisotopic (exact) mass is 410 g/mol. The van der Waals surface area contributed by atoms with Gasteiger partial charge in [-0.15, -0.1) is 0 Å². The van der Waals surface area contributed by atoms with Gasteiger partial charge in [-0.3, -0.25) is 0 Å². The van der Waals surface area contributed by atoms with Gasteiger partial charge >= 0.3 is 11.9 Å². The number of aliphatic hydroxyl groups is 1. The smallest absolute Gasteiger partial charge is 0.330 e. The van der Waals surface area contributed by atoms with Crippen LogP contribution >= 0.6 is 0 Å². The van der Waals surface area contributed by atoms with Gasteiger partial charge in [-0.2, -0.15) is 0 Å². The Morgan fingerprint density at radius 1 is 0.933 bits per heavy atom. The highest BCUT2D eigenvalue weighted by Gasteiger charge is 2.16. The van der Waals surface area contributed by atoms with E-state index in [1.165, 1.54) is 19.3 Å². The van der Waals surface area contributed by atoms with Crippen LogP contribution in [0.4, 0.5) is 0 Å². The first-order valence-corrected chi connectivity index (χ1v) is 9.64. The molecule has 0 fully saturated rings. The summed E-state index contributed by atoms with van der Waals surface area (Å²) in [5.41, 5.74) is 2.51. The van der Waals surface area contributed by atoms with Crippen LogP contribution in [-0.4, -0.2) is 37.4 Å². The summed E-state index contributed by atoms with van der Waals surface area (Å²) in [4.78, 5) is 23.3. The molecule has 158 valence electrons. The number of rotatable bonds is 9. The zero-order valence-electron chi connectivity index (χ0n) is 17.3. The highest BCUT2D eigenvalue weighted by Crippen LogP contribution is 2.31. The molecule has 1 unspecified atom stereocenters. The summed E-state index contributed by atoms with van der Waals surface area (Å²) < 4.78 is 15.2. The molecule has 2 aromatic carbocycles. The van der Waals surface area contributed by atoms with Gasteiger partial charge in [0.05, 0.1) is 20.3 Å². The van der Waals surface area contributed by atoms with E-state index in [0.29, 0.717) is 28.0 Å². The minimum atomic E-state index is -0.966. The number of para-hydroxylation sites is 1. The zero-order chi connectivity index (χ0) is 21.9. The number of benzene rings is 2. The molecule has 6 heteroatoms. The van der Waals surface area contributed by atoms with Crippen LogP contribution in [0.25, 0.3) is 12.2 Å². The van der Waals surface area contributed by atoms with Crippen LogP contribution in [0.5, 0.6) is 5.75 Å². The lowest BCUT2D eigenvalue weighted by atomic mass is 9.96. The molecule has 0 spiro atoms. The first-order valence-electron chi connectivity index (χ1n) is 9.64. The minimum Gasteiger partial charge on any atom is -0.496 e. The summed E-state index contributed by atoms with van der Waals surface area (Å²) in [6.07, 6.45) is 4.86. The Bertz CT molecular complexity index is 883. The third kappa shape index (κ3) is 6.60. The number of esters is 2. The predicted molar refractivity (Wildman–Crippen MR) is 115 cm³/mol. The van der Waals surface area contributed by atoms with Crippen molar-refractivity contribution in [2.24, 2.45) is 0 Å². The van der Waals surface area contributed by atoms with Gasteiger partial charge in [0.25, 0.3) is 0 Å². The molecule has 0 amide bonds. The van der Waals surface area contributed by atoms with E-state index in [4.69, 9.17) is 14.2 Å². The van der Waals surface area contributed by atoms with Crippen molar-refractivity contribution in [1.82, 2.24) is 0 Å². The van der Waals surface area contributed by atoms with E-state index in [-0.39, 0.29) is 13.2 Å². The number of aliphatic hydroxyl groups excluding tert-OH is 1. The lowest BCUT2D eigenvalue weighted by Crippen LogP contribution is -2.03. The third-order valence-electron chi connectivity index (χ3n) is 4.15. The molecule has 0 aliphatic rings. The fourth-order valence-corrected chi connectivity index (χ4v) is 2.83. The Balaban J connectivity index is 2.44. The number of hydrogen-bond donors (Lipinski definition) is 1. The minimum absolute atomic E-state index is 0.281. The number of carbonyl (C=O) groups excluding carboxylic acids is 2. The molecule has 2 aromatic rings. The Hall–Kier alpha value is -3.38. The summed E-state index contributed by atoms with van der Waals surface area (Å²) in [5.74, 6) is -0.366. The molecule has 0 aliphatic heterocycles. The maximum atomic E-state index is 11.7. The van der Waals surface area contributed by atoms with Gasteiger partial charge in [-0.05, 0) is 67.0 Å². The van der Waals surface area contributed by atoms with Crippen LogP contribution < -0.4 is 4.74 Å². The quantitative estimate of drug-likeness (QED) is 0.498. The van der Waals surface area contributed by atoms with Gasteiger partial charge in [0.2, 0.25) is 0 Å². The lowest BCUT2D eigenvalue weighted by molar-refractivity contribution is -0.138. The van der Waals surface area contributed by atoms with Crippen molar-refractivity contribution >= 4 is 24.1 Å². The van der Waals surface area contributed by atoms with Gasteiger partial charge in [0.1, 0.15) is 11.9 Å². The van der Waals surface area contributed by atoms with Crippen molar-refractivity contribution in [1.29, 1.82) is 0 Å². The Morgan fingerprint density at radius 3 is 1.97 bits per heavy atom. The molecule has 1 N–H and O–H groups in total. The zero-order valence-corrected chi connectivity index (χ0v) is 17.3. The summed E-state index contributed by atoms with van der Waals surface area (Å²) in [7, 11) is 1.54. The first-order chi connectivity index (χ1) is 14.5. The summed E-state index contributed by atoms with van der Waals surface area (Å²) >= 11 is 0. The SMILES string of the molecule is CCOC(=O)C=Cc1cc(C=CC(=O)OCC)cc(C(O)c2ccccc2OC)c1. The largest absolute Gasteiger partial charge is 0.496 e. The van der Waals surface area contributed by atoms with Crippen molar-refractivity contribution in [2.75, 3.05) is 20.3 Å². The summed E-state index contributed by atoms with van der Waals surface area (Å²) in [6.45, 7) is 4.02.